The molecule has 1 aromatic rings. The molecule has 0 bridgehead atoms. The van der Waals surface area contributed by atoms with E-state index >= 15 is 0 Å². The molecule has 0 amide bonds. The van der Waals surface area contributed by atoms with Crippen molar-refractivity contribution in [3.8, 4) is 0 Å². The van der Waals surface area contributed by atoms with Crippen LogP contribution in [0.5, 0.6) is 0 Å². The maximum absolute atomic E-state index is 5.16. The number of hydrogen-bond acceptors (Lipinski definition) is 3. The van der Waals surface area contributed by atoms with Crippen LogP contribution in [-0.4, -0.2) is 11.7 Å². The molecule has 14 heavy (non-hydrogen) atoms. The Kier molecular flexibility index (Phi) is 4.66. The third kappa shape index (κ3) is 3.50. The minimum absolute atomic E-state index is 0.726. The molecule has 1 atom stereocenters. The van der Waals surface area contributed by atoms with Gasteiger partial charge in [0.25, 0.3) is 0 Å². The summed E-state index contributed by atoms with van der Waals surface area (Å²) in [6.07, 6.45) is 2.15. The van der Waals surface area contributed by atoms with E-state index in [4.69, 9.17) is 4.52 Å². The second-order valence-electron chi connectivity index (χ2n) is 3.78. The molecular formula is C11H20N2O. The maximum Gasteiger partial charge on any atom is 0.150 e. The number of nitrogens with zero attached hydrogens (tertiary/aromatic N) is 1. The zero-order chi connectivity index (χ0) is 10.4. The summed E-state index contributed by atoms with van der Waals surface area (Å²) in [5, 5.41) is 7.29. The van der Waals surface area contributed by atoms with E-state index in [2.05, 4.69) is 31.2 Å². The highest BCUT2D eigenvalue weighted by atomic mass is 16.5. The van der Waals surface area contributed by atoms with E-state index in [1.807, 2.05) is 6.07 Å². The fourth-order valence-electron chi connectivity index (χ4n) is 1.19. The third-order valence-corrected chi connectivity index (χ3v) is 2.46. The molecule has 0 aliphatic carbocycles. The average molecular weight is 196 g/mol. The van der Waals surface area contributed by atoms with E-state index in [1.165, 1.54) is 6.42 Å². The Hall–Kier alpha value is -0.830. The largest absolute Gasteiger partial charge is 0.360 e. The van der Waals surface area contributed by atoms with Crippen LogP contribution in [0.2, 0.25) is 0 Å². The lowest BCUT2D eigenvalue weighted by molar-refractivity contribution is 0.362. The van der Waals surface area contributed by atoms with Crippen molar-refractivity contribution in [3.05, 3.63) is 17.5 Å². The topological polar surface area (TPSA) is 38.1 Å². The molecule has 0 spiro atoms. The molecule has 3 heteroatoms. The molecule has 0 fully saturated rings. The van der Waals surface area contributed by atoms with Gasteiger partial charge in [-0.3, -0.25) is 0 Å². The quantitative estimate of drug-likeness (QED) is 0.759. The van der Waals surface area contributed by atoms with E-state index in [9.17, 15) is 0 Å². The molecule has 0 aromatic carbocycles. The van der Waals surface area contributed by atoms with E-state index in [1.54, 1.807) is 0 Å². The SMILES string of the molecule is CCc1cc(CNCC(C)CC)on1. The second-order valence-corrected chi connectivity index (χ2v) is 3.78. The van der Waals surface area contributed by atoms with Crippen molar-refractivity contribution < 1.29 is 4.52 Å². The zero-order valence-corrected chi connectivity index (χ0v) is 9.34. The van der Waals surface area contributed by atoms with Gasteiger partial charge >= 0.3 is 0 Å². The Morgan fingerprint density at radius 3 is 2.86 bits per heavy atom. The minimum Gasteiger partial charge on any atom is -0.360 e. The summed E-state index contributed by atoms with van der Waals surface area (Å²) < 4.78 is 5.16. The molecule has 1 unspecified atom stereocenters. The van der Waals surface area contributed by atoms with Crippen LogP contribution in [0.3, 0.4) is 0 Å². The molecule has 3 nitrogen and oxygen atoms in total. The van der Waals surface area contributed by atoms with Crippen LogP contribution in [0.25, 0.3) is 0 Å². The van der Waals surface area contributed by atoms with Gasteiger partial charge in [0.2, 0.25) is 0 Å². The molecule has 0 aliphatic rings. The molecule has 0 saturated heterocycles. The lowest BCUT2D eigenvalue weighted by Gasteiger charge is -2.07. The molecule has 1 rings (SSSR count). The van der Waals surface area contributed by atoms with Crippen LogP contribution < -0.4 is 5.32 Å². The predicted octanol–water partition coefficient (Wildman–Crippen LogP) is 2.37. The fourth-order valence-corrected chi connectivity index (χ4v) is 1.19. The van der Waals surface area contributed by atoms with Gasteiger partial charge in [0.1, 0.15) is 0 Å². The van der Waals surface area contributed by atoms with E-state index < -0.39 is 0 Å². The second kappa shape index (κ2) is 5.81. The van der Waals surface area contributed by atoms with Gasteiger partial charge in [0.05, 0.1) is 12.2 Å². The Balaban J connectivity index is 2.24. The Labute approximate surface area is 85.9 Å². The first-order valence-electron chi connectivity index (χ1n) is 5.41. The van der Waals surface area contributed by atoms with Crippen LogP contribution >= 0.6 is 0 Å². The number of aryl methyl sites for hydroxylation is 1. The van der Waals surface area contributed by atoms with Gasteiger partial charge in [-0.2, -0.15) is 0 Å². The van der Waals surface area contributed by atoms with Gasteiger partial charge < -0.3 is 9.84 Å². The molecule has 0 saturated carbocycles. The molecule has 0 radical (unpaired) electrons. The Morgan fingerprint density at radius 1 is 1.50 bits per heavy atom. The highest BCUT2D eigenvalue weighted by Crippen LogP contribution is 2.04. The van der Waals surface area contributed by atoms with Gasteiger partial charge in [0.15, 0.2) is 5.76 Å². The van der Waals surface area contributed by atoms with Crippen LogP contribution in [0.15, 0.2) is 10.6 Å². The van der Waals surface area contributed by atoms with Crippen LogP contribution in [0.4, 0.5) is 0 Å². The highest BCUT2D eigenvalue weighted by Gasteiger charge is 2.02. The van der Waals surface area contributed by atoms with Crippen LogP contribution in [0.1, 0.15) is 38.6 Å². The van der Waals surface area contributed by atoms with Crippen molar-refractivity contribution >= 4 is 0 Å². The standard InChI is InChI=1S/C11H20N2O/c1-4-9(3)7-12-8-11-6-10(5-2)13-14-11/h6,9,12H,4-5,7-8H2,1-3H3. The van der Waals surface area contributed by atoms with E-state index in [0.29, 0.717) is 0 Å². The molecular weight excluding hydrogens is 176 g/mol. The summed E-state index contributed by atoms with van der Waals surface area (Å²) in [4.78, 5) is 0. The van der Waals surface area contributed by atoms with Crippen molar-refractivity contribution in [1.82, 2.24) is 10.5 Å². The van der Waals surface area contributed by atoms with Gasteiger partial charge in [-0.05, 0) is 18.9 Å². The minimum atomic E-state index is 0.726. The molecule has 1 N–H and O–H groups in total. The number of nitrogens with one attached hydrogen (secondary N) is 1. The van der Waals surface area contributed by atoms with Crippen molar-refractivity contribution in [3.63, 3.8) is 0 Å². The monoisotopic (exact) mass is 196 g/mol. The number of aromatic nitrogens is 1. The van der Waals surface area contributed by atoms with Crippen LogP contribution in [-0.2, 0) is 13.0 Å². The summed E-state index contributed by atoms with van der Waals surface area (Å²) in [6.45, 7) is 8.35. The highest BCUT2D eigenvalue weighted by molar-refractivity contribution is 5.04. The molecule has 1 aromatic heterocycles. The van der Waals surface area contributed by atoms with Gasteiger partial charge in [0, 0.05) is 6.07 Å². The average Bonchev–Trinajstić information content (AvgIpc) is 2.65. The molecule has 1 heterocycles. The number of rotatable bonds is 6. The summed E-state index contributed by atoms with van der Waals surface area (Å²) >= 11 is 0. The Morgan fingerprint density at radius 2 is 2.29 bits per heavy atom. The summed E-state index contributed by atoms with van der Waals surface area (Å²) in [5.41, 5.74) is 1.03. The zero-order valence-electron chi connectivity index (χ0n) is 9.34. The maximum atomic E-state index is 5.16. The predicted molar refractivity (Wildman–Crippen MR) is 57.0 cm³/mol. The first kappa shape index (κ1) is 11.2. The van der Waals surface area contributed by atoms with Crippen molar-refractivity contribution in [1.29, 1.82) is 0 Å². The molecule has 80 valence electrons. The van der Waals surface area contributed by atoms with Crippen LogP contribution in [0, 0.1) is 5.92 Å². The Bertz CT molecular complexity index is 258. The normalized spacial score (nSPS) is 13.1. The van der Waals surface area contributed by atoms with Gasteiger partial charge in [-0.15, -0.1) is 0 Å². The van der Waals surface area contributed by atoms with E-state index in [0.717, 1.165) is 36.9 Å². The first-order valence-corrected chi connectivity index (χ1v) is 5.41. The first-order chi connectivity index (χ1) is 6.76. The smallest absolute Gasteiger partial charge is 0.150 e. The molecule has 0 aliphatic heterocycles. The lowest BCUT2D eigenvalue weighted by atomic mass is 10.1. The summed E-state index contributed by atoms with van der Waals surface area (Å²) in [6, 6.07) is 2.02. The third-order valence-electron chi connectivity index (χ3n) is 2.46. The van der Waals surface area contributed by atoms with Gasteiger partial charge in [-0.25, -0.2) is 0 Å². The summed E-state index contributed by atoms with van der Waals surface area (Å²) in [7, 11) is 0. The fraction of sp³-hybridized carbons (Fsp3) is 0.727. The van der Waals surface area contributed by atoms with Crippen molar-refractivity contribution in [2.24, 2.45) is 5.92 Å². The lowest BCUT2D eigenvalue weighted by Crippen LogP contribution is -2.19. The van der Waals surface area contributed by atoms with E-state index in [-0.39, 0.29) is 0 Å². The number of hydrogen-bond donors (Lipinski definition) is 1. The summed E-state index contributed by atoms with van der Waals surface area (Å²) in [5.74, 6) is 1.66. The van der Waals surface area contributed by atoms with Gasteiger partial charge in [-0.1, -0.05) is 32.3 Å². The van der Waals surface area contributed by atoms with Crippen molar-refractivity contribution in [2.45, 2.75) is 40.2 Å². The van der Waals surface area contributed by atoms with Crippen molar-refractivity contribution in [2.75, 3.05) is 6.54 Å².